The summed E-state index contributed by atoms with van der Waals surface area (Å²) >= 11 is 0. The van der Waals surface area contributed by atoms with Crippen molar-refractivity contribution in [3.05, 3.63) is 69.3 Å². The largest absolute Gasteiger partial charge is 0.506 e. The Kier molecular flexibility index (Phi) is 4.98. The van der Waals surface area contributed by atoms with Crippen LogP contribution >= 0.6 is 0 Å². The fourth-order valence-electron chi connectivity index (χ4n) is 4.48. The molecule has 0 spiro atoms. The lowest BCUT2D eigenvalue weighted by Crippen LogP contribution is -2.27. The third-order valence-electron chi connectivity index (χ3n) is 6.12. The number of phenolic OH excluding ortho intramolecular Hbond substituents is 1. The van der Waals surface area contributed by atoms with Crippen molar-refractivity contribution in [2.24, 2.45) is 0 Å². The molecule has 5 rings (SSSR count). The minimum absolute atomic E-state index is 0.0578. The zero-order valence-corrected chi connectivity index (χ0v) is 18.8. The molecule has 0 bridgehead atoms. The van der Waals surface area contributed by atoms with E-state index in [4.69, 9.17) is 5.73 Å². The Hall–Kier alpha value is -3.98. The molecule has 0 aliphatic carbocycles. The minimum atomic E-state index is -0.623. The average molecular weight is 444 g/mol. The standard InChI is InChI=1S/C24H25N7O2/c1-13-5-4-6-19(32)20(13)31-21(25)18-11-26-23(28-22(18)29-24(31)33)27-16-9-14(2)17-7-8-30(3)12-15(17)10-16/h4-6,9-11,32H,7-8,12,25H2,1-3H3,(H,27,28,29,33). The number of hydrogen-bond donors (Lipinski definition) is 3. The molecule has 0 amide bonds. The van der Waals surface area contributed by atoms with E-state index in [2.05, 4.69) is 51.3 Å². The molecule has 0 unspecified atom stereocenters. The number of nitrogens with zero attached hydrogens (tertiary/aromatic N) is 5. The van der Waals surface area contributed by atoms with Gasteiger partial charge in [-0.1, -0.05) is 12.1 Å². The molecule has 1 aliphatic heterocycles. The van der Waals surface area contributed by atoms with Gasteiger partial charge in [0.15, 0.2) is 5.65 Å². The van der Waals surface area contributed by atoms with Gasteiger partial charge in [-0.15, -0.1) is 0 Å². The highest BCUT2D eigenvalue weighted by Gasteiger charge is 2.18. The second-order valence-corrected chi connectivity index (χ2v) is 8.53. The highest BCUT2D eigenvalue weighted by atomic mass is 16.3. The van der Waals surface area contributed by atoms with Crippen LogP contribution in [-0.2, 0) is 13.0 Å². The monoisotopic (exact) mass is 443 g/mol. The molecule has 2 aromatic carbocycles. The van der Waals surface area contributed by atoms with Crippen LogP contribution in [0.25, 0.3) is 16.7 Å². The smallest absolute Gasteiger partial charge is 0.355 e. The van der Waals surface area contributed by atoms with Crippen LogP contribution in [0.2, 0.25) is 0 Å². The van der Waals surface area contributed by atoms with Gasteiger partial charge in [0.1, 0.15) is 11.6 Å². The number of benzene rings is 2. The van der Waals surface area contributed by atoms with E-state index in [1.807, 2.05) is 0 Å². The molecule has 33 heavy (non-hydrogen) atoms. The summed E-state index contributed by atoms with van der Waals surface area (Å²) < 4.78 is 1.19. The maximum atomic E-state index is 12.8. The summed E-state index contributed by atoms with van der Waals surface area (Å²) in [7, 11) is 2.12. The maximum absolute atomic E-state index is 12.8. The Bertz CT molecular complexity index is 1440. The Labute approximate surface area is 190 Å². The molecule has 9 nitrogen and oxygen atoms in total. The summed E-state index contributed by atoms with van der Waals surface area (Å²) in [4.78, 5) is 28.1. The first-order chi connectivity index (χ1) is 15.8. The quantitative estimate of drug-likeness (QED) is 0.442. The number of nitrogens with two attached hydrogens (primary N) is 1. The third-order valence-corrected chi connectivity index (χ3v) is 6.12. The molecule has 9 heteroatoms. The van der Waals surface area contributed by atoms with E-state index in [-0.39, 0.29) is 17.2 Å². The van der Waals surface area contributed by atoms with Crippen molar-refractivity contribution < 1.29 is 5.11 Å². The highest BCUT2D eigenvalue weighted by Crippen LogP contribution is 2.29. The van der Waals surface area contributed by atoms with Crippen LogP contribution in [-0.4, -0.2) is 43.1 Å². The Balaban J connectivity index is 1.55. The van der Waals surface area contributed by atoms with Crippen molar-refractivity contribution in [3.63, 3.8) is 0 Å². The fourth-order valence-corrected chi connectivity index (χ4v) is 4.48. The Morgan fingerprint density at radius 1 is 1.15 bits per heavy atom. The van der Waals surface area contributed by atoms with E-state index in [0.717, 1.165) is 25.2 Å². The topological polar surface area (TPSA) is 122 Å². The summed E-state index contributed by atoms with van der Waals surface area (Å²) in [5, 5.41) is 14.0. The first-order valence-corrected chi connectivity index (χ1v) is 10.7. The summed E-state index contributed by atoms with van der Waals surface area (Å²) in [6.45, 7) is 5.85. The summed E-state index contributed by atoms with van der Waals surface area (Å²) in [6.07, 6.45) is 2.58. The van der Waals surface area contributed by atoms with Gasteiger partial charge in [0, 0.05) is 25.0 Å². The van der Waals surface area contributed by atoms with Gasteiger partial charge in [0.25, 0.3) is 0 Å². The molecule has 4 aromatic rings. The second-order valence-electron chi connectivity index (χ2n) is 8.53. The number of likely N-dealkylation sites (N-methyl/N-ethyl adjacent to an activating group) is 1. The Morgan fingerprint density at radius 3 is 2.76 bits per heavy atom. The Morgan fingerprint density at radius 2 is 1.97 bits per heavy atom. The van der Waals surface area contributed by atoms with Gasteiger partial charge in [-0.2, -0.15) is 9.97 Å². The predicted molar refractivity (Wildman–Crippen MR) is 128 cm³/mol. The lowest BCUT2D eigenvalue weighted by Gasteiger charge is -2.27. The normalized spacial score (nSPS) is 13.8. The molecule has 2 aromatic heterocycles. The zero-order valence-electron chi connectivity index (χ0n) is 18.8. The lowest BCUT2D eigenvalue weighted by atomic mass is 9.94. The van der Waals surface area contributed by atoms with Crippen LogP contribution in [0.15, 0.2) is 41.3 Å². The molecule has 0 saturated carbocycles. The van der Waals surface area contributed by atoms with Crippen LogP contribution in [0.5, 0.6) is 5.75 Å². The van der Waals surface area contributed by atoms with Crippen LogP contribution < -0.4 is 16.7 Å². The number of nitrogen functional groups attached to an aromatic ring is 1. The van der Waals surface area contributed by atoms with Crippen molar-refractivity contribution in [2.75, 3.05) is 24.6 Å². The van der Waals surface area contributed by atoms with Gasteiger partial charge in [-0.05, 0) is 67.8 Å². The van der Waals surface area contributed by atoms with Crippen LogP contribution in [0.4, 0.5) is 17.5 Å². The van der Waals surface area contributed by atoms with Crippen molar-refractivity contribution in [1.29, 1.82) is 0 Å². The number of aromatic hydroxyl groups is 1. The van der Waals surface area contributed by atoms with Gasteiger partial charge in [0.05, 0.1) is 11.1 Å². The van der Waals surface area contributed by atoms with Gasteiger partial charge < -0.3 is 21.1 Å². The number of rotatable bonds is 3. The van der Waals surface area contributed by atoms with E-state index in [9.17, 15) is 9.90 Å². The second kappa shape index (κ2) is 7.86. The average Bonchev–Trinajstić information content (AvgIpc) is 2.75. The predicted octanol–water partition coefficient (Wildman–Crippen LogP) is 2.81. The van der Waals surface area contributed by atoms with Crippen molar-refractivity contribution in [3.8, 4) is 11.4 Å². The number of hydrogen-bond acceptors (Lipinski definition) is 8. The molecule has 0 fully saturated rings. The van der Waals surface area contributed by atoms with E-state index in [1.165, 1.54) is 33.5 Å². The molecule has 0 saturated heterocycles. The molecule has 168 valence electrons. The van der Waals surface area contributed by atoms with E-state index in [1.54, 1.807) is 19.1 Å². The van der Waals surface area contributed by atoms with Gasteiger partial charge in [-0.25, -0.2) is 14.3 Å². The van der Waals surface area contributed by atoms with Crippen LogP contribution in [0.3, 0.4) is 0 Å². The molecule has 0 radical (unpaired) electrons. The number of para-hydroxylation sites is 1. The number of fused-ring (bicyclic) bond motifs is 2. The fraction of sp³-hybridized carbons (Fsp3) is 0.250. The van der Waals surface area contributed by atoms with Crippen molar-refractivity contribution in [1.82, 2.24) is 24.4 Å². The van der Waals surface area contributed by atoms with Crippen molar-refractivity contribution >= 4 is 28.5 Å². The zero-order chi connectivity index (χ0) is 23.3. The highest BCUT2D eigenvalue weighted by molar-refractivity contribution is 5.86. The number of nitrogens with one attached hydrogen (secondary N) is 1. The third kappa shape index (κ3) is 3.66. The first kappa shape index (κ1) is 20.9. The number of aromatic nitrogens is 4. The maximum Gasteiger partial charge on any atom is 0.355 e. The molecular formula is C24H25N7O2. The van der Waals surface area contributed by atoms with Gasteiger partial charge in [-0.3, -0.25) is 0 Å². The molecule has 0 atom stereocenters. The van der Waals surface area contributed by atoms with E-state index in [0.29, 0.717) is 22.6 Å². The van der Waals surface area contributed by atoms with Crippen molar-refractivity contribution in [2.45, 2.75) is 26.8 Å². The van der Waals surface area contributed by atoms with Gasteiger partial charge >= 0.3 is 5.69 Å². The molecule has 4 N–H and O–H groups in total. The van der Waals surface area contributed by atoms with E-state index >= 15 is 0 Å². The molecule has 1 aliphatic rings. The van der Waals surface area contributed by atoms with E-state index < -0.39 is 5.69 Å². The number of phenols is 1. The van der Waals surface area contributed by atoms with Gasteiger partial charge in [0.2, 0.25) is 5.95 Å². The van der Waals surface area contributed by atoms with Crippen LogP contribution in [0, 0.1) is 13.8 Å². The summed E-state index contributed by atoms with van der Waals surface area (Å²) in [6, 6.07) is 9.18. The summed E-state index contributed by atoms with van der Waals surface area (Å²) in [5.74, 6) is 0.389. The van der Waals surface area contributed by atoms with Crippen LogP contribution in [0.1, 0.15) is 22.3 Å². The first-order valence-electron chi connectivity index (χ1n) is 10.7. The number of aryl methyl sites for hydroxylation is 2. The molecular weight excluding hydrogens is 418 g/mol. The number of anilines is 3. The SMILES string of the molecule is Cc1cc(Nc2ncc3c(N)n(-c4c(C)cccc4O)c(=O)nc3n2)cc2c1CCN(C)C2. The molecule has 3 heterocycles. The summed E-state index contributed by atoms with van der Waals surface area (Å²) in [5.41, 5.74) is 11.7. The minimum Gasteiger partial charge on any atom is -0.506 e. The lowest BCUT2D eigenvalue weighted by molar-refractivity contribution is 0.312.